The van der Waals surface area contributed by atoms with Crippen molar-refractivity contribution in [1.82, 2.24) is 9.13 Å². The van der Waals surface area contributed by atoms with Crippen LogP contribution in [0.1, 0.15) is 26.2 Å². The molecule has 0 bridgehead atoms. The third kappa shape index (κ3) is 2.87. The maximum absolute atomic E-state index is 12.2. The third-order valence-electron chi connectivity index (χ3n) is 3.54. The molecule has 1 fully saturated rings. The lowest BCUT2D eigenvalue weighted by atomic mass is 10.2. The molecule has 0 amide bonds. The summed E-state index contributed by atoms with van der Waals surface area (Å²) in [5, 5.41) is 3.25. The first-order valence-corrected chi connectivity index (χ1v) is 8.15. The molecule has 1 aliphatic rings. The minimum Gasteiger partial charge on any atom is -0.383 e. The summed E-state index contributed by atoms with van der Waals surface area (Å²) < 4.78 is 2.60. The molecule has 1 atom stereocenters. The number of nitrogen functional groups attached to an aromatic ring is 1. The van der Waals surface area contributed by atoms with Crippen molar-refractivity contribution < 1.29 is 0 Å². The molecule has 6 nitrogen and oxygen atoms in total. The lowest BCUT2D eigenvalue weighted by molar-refractivity contribution is 0.597. The standard InChI is InChI=1S/C13H22N4O2S/c1-3-6-17-11(14)10(12(18)16(2)13(17)19)15-9-5-4-7-20-8-9/h9,15H,3-8,14H2,1-2H3. The summed E-state index contributed by atoms with van der Waals surface area (Å²) in [5.41, 5.74) is 5.72. The van der Waals surface area contributed by atoms with Crippen molar-refractivity contribution in [2.24, 2.45) is 7.05 Å². The molecule has 2 rings (SSSR count). The predicted octanol–water partition coefficient (Wildman–Crippen LogP) is 0.847. The molecule has 112 valence electrons. The highest BCUT2D eigenvalue weighted by molar-refractivity contribution is 7.99. The van der Waals surface area contributed by atoms with E-state index in [1.165, 1.54) is 17.4 Å². The van der Waals surface area contributed by atoms with Gasteiger partial charge < -0.3 is 11.1 Å². The first-order valence-electron chi connectivity index (χ1n) is 6.99. The van der Waals surface area contributed by atoms with Crippen LogP contribution in [0.2, 0.25) is 0 Å². The molecule has 0 aromatic carbocycles. The van der Waals surface area contributed by atoms with Gasteiger partial charge in [-0.2, -0.15) is 11.8 Å². The van der Waals surface area contributed by atoms with E-state index in [1.807, 2.05) is 18.7 Å². The van der Waals surface area contributed by atoms with Crippen molar-refractivity contribution in [2.75, 3.05) is 22.6 Å². The summed E-state index contributed by atoms with van der Waals surface area (Å²) in [7, 11) is 1.50. The Labute approximate surface area is 122 Å². The molecule has 1 unspecified atom stereocenters. The van der Waals surface area contributed by atoms with E-state index in [2.05, 4.69) is 5.32 Å². The number of hydrogen-bond acceptors (Lipinski definition) is 5. The molecule has 3 N–H and O–H groups in total. The molecular formula is C13H22N4O2S. The second-order valence-electron chi connectivity index (χ2n) is 5.12. The molecule has 2 heterocycles. The Morgan fingerprint density at radius 2 is 2.20 bits per heavy atom. The van der Waals surface area contributed by atoms with Gasteiger partial charge in [-0.05, 0) is 25.0 Å². The van der Waals surface area contributed by atoms with Gasteiger partial charge >= 0.3 is 5.69 Å². The van der Waals surface area contributed by atoms with E-state index in [0.29, 0.717) is 12.2 Å². The number of hydrogen-bond donors (Lipinski definition) is 2. The number of aromatic nitrogens is 2. The van der Waals surface area contributed by atoms with Crippen LogP contribution in [0.4, 0.5) is 11.5 Å². The highest BCUT2D eigenvalue weighted by Gasteiger charge is 2.19. The number of nitrogens with one attached hydrogen (secondary N) is 1. The van der Waals surface area contributed by atoms with Gasteiger partial charge in [0.1, 0.15) is 11.5 Å². The Kier molecular flexibility index (Phi) is 4.80. The van der Waals surface area contributed by atoms with Crippen molar-refractivity contribution >= 4 is 23.3 Å². The Hall–Kier alpha value is -1.37. The van der Waals surface area contributed by atoms with Crippen molar-refractivity contribution in [1.29, 1.82) is 0 Å². The molecule has 0 aliphatic carbocycles. The molecular weight excluding hydrogens is 276 g/mol. The summed E-state index contributed by atoms with van der Waals surface area (Å²) in [6.45, 7) is 2.49. The number of nitrogens with two attached hydrogens (primary N) is 1. The van der Waals surface area contributed by atoms with E-state index in [-0.39, 0.29) is 23.1 Å². The number of anilines is 2. The molecule has 7 heteroatoms. The van der Waals surface area contributed by atoms with Crippen LogP contribution in [0.3, 0.4) is 0 Å². The molecule has 20 heavy (non-hydrogen) atoms. The van der Waals surface area contributed by atoms with Crippen LogP contribution < -0.4 is 22.3 Å². The van der Waals surface area contributed by atoms with Gasteiger partial charge in [0.2, 0.25) is 0 Å². The minimum atomic E-state index is -0.349. The van der Waals surface area contributed by atoms with Crippen molar-refractivity contribution in [2.45, 2.75) is 38.8 Å². The Morgan fingerprint density at radius 1 is 1.45 bits per heavy atom. The van der Waals surface area contributed by atoms with E-state index in [1.54, 1.807) is 0 Å². The van der Waals surface area contributed by atoms with Crippen LogP contribution in [0.25, 0.3) is 0 Å². The van der Waals surface area contributed by atoms with Crippen molar-refractivity contribution in [3.05, 3.63) is 20.8 Å². The minimum absolute atomic E-state index is 0.247. The summed E-state index contributed by atoms with van der Waals surface area (Å²) >= 11 is 1.88. The highest BCUT2D eigenvalue weighted by Crippen LogP contribution is 2.21. The van der Waals surface area contributed by atoms with E-state index < -0.39 is 0 Å². The van der Waals surface area contributed by atoms with Crippen LogP contribution in [-0.4, -0.2) is 26.7 Å². The topological polar surface area (TPSA) is 82.0 Å². The summed E-state index contributed by atoms with van der Waals surface area (Å²) in [4.78, 5) is 24.3. The fourth-order valence-electron chi connectivity index (χ4n) is 2.42. The quantitative estimate of drug-likeness (QED) is 0.861. The molecule has 0 radical (unpaired) electrons. The predicted molar refractivity (Wildman–Crippen MR) is 84.6 cm³/mol. The zero-order valence-corrected chi connectivity index (χ0v) is 12.8. The van der Waals surface area contributed by atoms with E-state index in [9.17, 15) is 9.59 Å². The van der Waals surface area contributed by atoms with Gasteiger partial charge in [-0.15, -0.1) is 0 Å². The maximum Gasteiger partial charge on any atom is 0.332 e. The van der Waals surface area contributed by atoms with Crippen LogP contribution >= 0.6 is 11.8 Å². The molecule has 0 spiro atoms. The number of rotatable bonds is 4. The fourth-order valence-corrected chi connectivity index (χ4v) is 3.49. The largest absolute Gasteiger partial charge is 0.383 e. The van der Waals surface area contributed by atoms with Gasteiger partial charge in [0.25, 0.3) is 5.56 Å². The van der Waals surface area contributed by atoms with Gasteiger partial charge in [0, 0.05) is 25.4 Å². The maximum atomic E-state index is 12.2. The summed E-state index contributed by atoms with van der Waals surface area (Å²) in [6, 6.07) is 0.247. The second-order valence-corrected chi connectivity index (χ2v) is 6.27. The van der Waals surface area contributed by atoms with Crippen LogP contribution in [-0.2, 0) is 13.6 Å². The lowest BCUT2D eigenvalue weighted by Gasteiger charge is -2.24. The Bertz CT molecular complexity index is 587. The van der Waals surface area contributed by atoms with E-state index in [0.717, 1.165) is 29.6 Å². The monoisotopic (exact) mass is 298 g/mol. The van der Waals surface area contributed by atoms with Gasteiger partial charge in [0.15, 0.2) is 0 Å². The smallest absolute Gasteiger partial charge is 0.332 e. The first-order chi connectivity index (χ1) is 9.56. The average Bonchev–Trinajstić information content (AvgIpc) is 2.47. The van der Waals surface area contributed by atoms with Gasteiger partial charge in [0.05, 0.1) is 0 Å². The van der Waals surface area contributed by atoms with Gasteiger partial charge in [-0.1, -0.05) is 6.92 Å². The first kappa shape index (κ1) is 15.0. The summed E-state index contributed by atoms with van der Waals surface area (Å²) in [6.07, 6.45) is 2.96. The summed E-state index contributed by atoms with van der Waals surface area (Å²) in [5.74, 6) is 2.40. The molecule has 1 aromatic heterocycles. The molecule has 1 aromatic rings. The number of nitrogens with zero attached hydrogens (tertiary/aromatic N) is 2. The van der Waals surface area contributed by atoms with E-state index >= 15 is 0 Å². The molecule has 1 saturated heterocycles. The third-order valence-corrected chi connectivity index (χ3v) is 4.75. The molecule has 0 saturated carbocycles. The Balaban J connectivity index is 2.41. The van der Waals surface area contributed by atoms with Gasteiger partial charge in [-0.3, -0.25) is 13.9 Å². The normalized spacial score (nSPS) is 19.0. The van der Waals surface area contributed by atoms with Gasteiger partial charge in [-0.25, -0.2) is 4.79 Å². The second kappa shape index (κ2) is 6.39. The number of thioether (sulfide) groups is 1. The zero-order chi connectivity index (χ0) is 14.7. The van der Waals surface area contributed by atoms with Crippen molar-refractivity contribution in [3.8, 4) is 0 Å². The SMILES string of the molecule is CCCn1c(N)c(NC2CCCSC2)c(=O)n(C)c1=O. The Morgan fingerprint density at radius 3 is 2.80 bits per heavy atom. The molecule has 1 aliphatic heterocycles. The van der Waals surface area contributed by atoms with Crippen LogP contribution in [0.15, 0.2) is 9.59 Å². The van der Waals surface area contributed by atoms with Crippen LogP contribution in [0, 0.1) is 0 Å². The van der Waals surface area contributed by atoms with E-state index in [4.69, 9.17) is 5.73 Å². The average molecular weight is 298 g/mol. The highest BCUT2D eigenvalue weighted by atomic mass is 32.2. The zero-order valence-electron chi connectivity index (χ0n) is 12.0. The van der Waals surface area contributed by atoms with Crippen LogP contribution in [0.5, 0.6) is 0 Å². The lowest BCUT2D eigenvalue weighted by Crippen LogP contribution is -2.42. The van der Waals surface area contributed by atoms with Crippen molar-refractivity contribution in [3.63, 3.8) is 0 Å². The fraction of sp³-hybridized carbons (Fsp3) is 0.692.